The molecular weight excluding hydrogens is 128 g/mol. The molecule has 0 fully saturated rings. The zero-order valence-electron chi connectivity index (χ0n) is 6.09. The lowest BCUT2D eigenvalue weighted by Gasteiger charge is -2.12. The molecule has 2 heteroatoms. The lowest BCUT2D eigenvalue weighted by molar-refractivity contribution is -0.309. The average Bonchev–Trinajstić information content (AvgIpc) is 2.36. The summed E-state index contributed by atoms with van der Waals surface area (Å²) in [6.07, 6.45) is 5.09. The van der Waals surface area contributed by atoms with E-state index in [2.05, 4.69) is 0 Å². The molecule has 0 spiro atoms. The van der Waals surface area contributed by atoms with Crippen LogP contribution in [-0.4, -0.2) is 5.97 Å². The molecule has 1 atom stereocenters. The minimum atomic E-state index is -0.951. The largest absolute Gasteiger partial charge is 0.550 e. The van der Waals surface area contributed by atoms with Gasteiger partial charge in [-0.1, -0.05) is 18.6 Å². The maximum atomic E-state index is 10.3. The van der Waals surface area contributed by atoms with Gasteiger partial charge in [0.1, 0.15) is 0 Å². The zero-order valence-corrected chi connectivity index (χ0v) is 6.09. The highest BCUT2D eigenvalue weighted by molar-refractivity contribution is 5.71. The van der Waals surface area contributed by atoms with Crippen molar-refractivity contribution in [2.24, 2.45) is 5.92 Å². The molecule has 0 saturated carbocycles. The lowest BCUT2D eigenvalue weighted by atomic mass is 10.0. The van der Waals surface area contributed by atoms with Crippen LogP contribution in [0.15, 0.2) is 11.6 Å². The average molecular weight is 139 g/mol. The predicted molar refractivity (Wildman–Crippen MR) is 36.1 cm³/mol. The third-order valence-corrected chi connectivity index (χ3v) is 1.99. The normalized spacial score (nSPS) is 20.3. The molecule has 0 N–H and O–H groups in total. The summed E-state index contributed by atoms with van der Waals surface area (Å²) in [5, 5.41) is 10.3. The summed E-state index contributed by atoms with van der Waals surface area (Å²) in [5.74, 6) is -1.32. The topological polar surface area (TPSA) is 40.1 Å². The third kappa shape index (κ3) is 1.38. The van der Waals surface area contributed by atoms with Crippen LogP contribution >= 0.6 is 0 Å². The molecule has 1 aliphatic rings. The maximum absolute atomic E-state index is 10.3. The first-order valence-electron chi connectivity index (χ1n) is 3.61. The third-order valence-electron chi connectivity index (χ3n) is 1.99. The molecule has 0 aromatic heterocycles. The number of carbonyl (C=O) groups is 1. The van der Waals surface area contributed by atoms with Gasteiger partial charge in [-0.25, -0.2) is 0 Å². The monoisotopic (exact) mass is 139 g/mol. The summed E-state index contributed by atoms with van der Waals surface area (Å²) in [5.41, 5.74) is 1.04. The lowest BCUT2D eigenvalue weighted by Crippen LogP contribution is -2.30. The quantitative estimate of drug-likeness (QED) is 0.522. The Kier molecular flexibility index (Phi) is 2.10. The minimum absolute atomic E-state index is 0.373. The van der Waals surface area contributed by atoms with Crippen LogP contribution in [0.3, 0.4) is 0 Å². The van der Waals surface area contributed by atoms with Crippen molar-refractivity contribution in [1.29, 1.82) is 0 Å². The molecule has 0 aromatic rings. The van der Waals surface area contributed by atoms with Crippen LogP contribution in [0.4, 0.5) is 0 Å². The van der Waals surface area contributed by atoms with Gasteiger partial charge in [0, 0.05) is 11.9 Å². The van der Waals surface area contributed by atoms with Crippen LogP contribution in [0.2, 0.25) is 0 Å². The van der Waals surface area contributed by atoms with E-state index in [9.17, 15) is 9.90 Å². The Balaban J connectivity index is 2.55. The fourth-order valence-corrected chi connectivity index (χ4v) is 1.24. The first-order chi connectivity index (χ1) is 4.72. The number of allylic oxidation sites excluding steroid dienone is 1. The summed E-state index contributed by atoms with van der Waals surface area (Å²) in [6, 6.07) is 0. The second kappa shape index (κ2) is 2.86. The van der Waals surface area contributed by atoms with Crippen LogP contribution in [0.1, 0.15) is 26.2 Å². The van der Waals surface area contributed by atoms with E-state index < -0.39 is 5.97 Å². The Morgan fingerprint density at radius 3 is 2.90 bits per heavy atom. The van der Waals surface area contributed by atoms with Gasteiger partial charge in [0.2, 0.25) is 0 Å². The molecule has 0 amide bonds. The van der Waals surface area contributed by atoms with Crippen molar-refractivity contribution in [2.45, 2.75) is 26.2 Å². The van der Waals surface area contributed by atoms with Gasteiger partial charge in [0.25, 0.3) is 0 Å². The van der Waals surface area contributed by atoms with E-state index in [1.54, 1.807) is 6.92 Å². The molecule has 1 aliphatic carbocycles. The fourth-order valence-electron chi connectivity index (χ4n) is 1.24. The molecule has 0 saturated heterocycles. The molecular formula is C8H11O2-. The van der Waals surface area contributed by atoms with Crippen molar-refractivity contribution in [3.63, 3.8) is 0 Å². The van der Waals surface area contributed by atoms with Gasteiger partial charge >= 0.3 is 0 Å². The molecule has 1 unspecified atom stereocenters. The Morgan fingerprint density at radius 1 is 1.80 bits per heavy atom. The number of carboxylic acid groups (broad SMARTS) is 1. The summed E-state index contributed by atoms with van der Waals surface area (Å²) < 4.78 is 0. The Hall–Kier alpha value is -0.790. The number of aliphatic carboxylic acids is 1. The van der Waals surface area contributed by atoms with Crippen molar-refractivity contribution in [2.75, 3.05) is 0 Å². The molecule has 0 aromatic carbocycles. The van der Waals surface area contributed by atoms with Gasteiger partial charge in [-0.2, -0.15) is 0 Å². The van der Waals surface area contributed by atoms with Gasteiger partial charge in [0.05, 0.1) is 0 Å². The maximum Gasteiger partial charge on any atom is 0.0483 e. The van der Waals surface area contributed by atoms with E-state index >= 15 is 0 Å². The molecule has 0 aliphatic heterocycles. The Labute approximate surface area is 60.6 Å². The number of rotatable bonds is 2. The van der Waals surface area contributed by atoms with Crippen molar-refractivity contribution in [1.82, 2.24) is 0 Å². The first-order valence-corrected chi connectivity index (χ1v) is 3.61. The smallest absolute Gasteiger partial charge is 0.0483 e. The summed E-state index contributed by atoms with van der Waals surface area (Å²) >= 11 is 0. The van der Waals surface area contributed by atoms with Crippen molar-refractivity contribution in [3.8, 4) is 0 Å². The summed E-state index contributed by atoms with van der Waals surface area (Å²) in [4.78, 5) is 10.3. The second-order valence-electron chi connectivity index (χ2n) is 2.71. The van der Waals surface area contributed by atoms with E-state index in [1.165, 1.54) is 0 Å². The first kappa shape index (κ1) is 7.32. The molecule has 0 bridgehead atoms. The van der Waals surface area contributed by atoms with E-state index in [4.69, 9.17) is 0 Å². The highest BCUT2D eigenvalue weighted by Crippen LogP contribution is 2.24. The standard InChI is InChI=1S/C8H12O2/c1-6(8(9)10)7-4-2-3-5-7/h4,6H,2-3,5H2,1H3,(H,9,10)/p-1. The van der Waals surface area contributed by atoms with Gasteiger partial charge in [0.15, 0.2) is 0 Å². The fraction of sp³-hybridized carbons (Fsp3) is 0.625. The van der Waals surface area contributed by atoms with E-state index in [0.717, 1.165) is 24.8 Å². The summed E-state index contributed by atoms with van der Waals surface area (Å²) in [7, 11) is 0. The number of hydrogen-bond acceptors (Lipinski definition) is 2. The van der Waals surface area contributed by atoms with Gasteiger partial charge in [-0.05, 0) is 19.3 Å². The van der Waals surface area contributed by atoms with Crippen molar-refractivity contribution < 1.29 is 9.90 Å². The number of carboxylic acids is 1. The van der Waals surface area contributed by atoms with Crippen LogP contribution < -0.4 is 5.11 Å². The van der Waals surface area contributed by atoms with E-state index in [0.29, 0.717) is 0 Å². The number of carbonyl (C=O) groups excluding carboxylic acids is 1. The minimum Gasteiger partial charge on any atom is -0.550 e. The highest BCUT2D eigenvalue weighted by Gasteiger charge is 2.12. The molecule has 0 radical (unpaired) electrons. The van der Waals surface area contributed by atoms with Crippen LogP contribution in [0.5, 0.6) is 0 Å². The van der Waals surface area contributed by atoms with Gasteiger partial charge < -0.3 is 9.90 Å². The zero-order chi connectivity index (χ0) is 7.56. The Morgan fingerprint density at radius 2 is 2.50 bits per heavy atom. The molecule has 56 valence electrons. The van der Waals surface area contributed by atoms with E-state index in [-0.39, 0.29) is 5.92 Å². The summed E-state index contributed by atoms with van der Waals surface area (Å²) in [6.45, 7) is 1.69. The molecule has 2 nitrogen and oxygen atoms in total. The van der Waals surface area contributed by atoms with E-state index in [1.807, 2.05) is 6.08 Å². The van der Waals surface area contributed by atoms with Crippen LogP contribution in [0, 0.1) is 5.92 Å². The van der Waals surface area contributed by atoms with Crippen LogP contribution in [0.25, 0.3) is 0 Å². The Bertz CT molecular complexity index is 170. The van der Waals surface area contributed by atoms with Crippen LogP contribution in [-0.2, 0) is 4.79 Å². The van der Waals surface area contributed by atoms with Crippen molar-refractivity contribution >= 4 is 5.97 Å². The molecule has 1 rings (SSSR count). The van der Waals surface area contributed by atoms with Gasteiger partial charge in [-0.3, -0.25) is 0 Å². The SMILES string of the molecule is CC(C(=O)[O-])C1=CCCC1. The molecule has 10 heavy (non-hydrogen) atoms. The van der Waals surface area contributed by atoms with Crippen molar-refractivity contribution in [3.05, 3.63) is 11.6 Å². The predicted octanol–water partition coefficient (Wildman–Crippen LogP) is 0.483. The number of hydrogen-bond donors (Lipinski definition) is 0. The second-order valence-corrected chi connectivity index (χ2v) is 2.71. The molecule has 0 heterocycles. The highest BCUT2D eigenvalue weighted by atomic mass is 16.4. The van der Waals surface area contributed by atoms with Gasteiger partial charge in [-0.15, -0.1) is 0 Å².